The third-order valence-corrected chi connectivity index (χ3v) is 2.08. The van der Waals surface area contributed by atoms with Crippen molar-refractivity contribution in [3.05, 3.63) is 29.8 Å². The second-order valence-corrected chi connectivity index (χ2v) is 3.28. The van der Waals surface area contributed by atoms with E-state index in [0.29, 0.717) is 12.1 Å². The van der Waals surface area contributed by atoms with Crippen molar-refractivity contribution in [3.63, 3.8) is 0 Å². The molecule has 0 aromatic heterocycles. The average molecular weight is 183 g/mol. The van der Waals surface area contributed by atoms with E-state index >= 15 is 0 Å². The Bertz CT molecular complexity index is 269. The molecule has 0 saturated carbocycles. The Morgan fingerprint density at radius 3 is 2.38 bits per heavy atom. The fourth-order valence-corrected chi connectivity index (χ4v) is 1.22. The predicted molar refractivity (Wildman–Crippen MR) is 50.2 cm³/mol. The summed E-state index contributed by atoms with van der Waals surface area (Å²) in [7, 11) is 0. The molecule has 1 unspecified atom stereocenters. The van der Waals surface area contributed by atoms with Crippen LogP contribution in [0.5, 0.6) is 5.75 Å². The van der Waals surface area contributed by atoms with Crippen LogP contribution in [0.4, 0.5) is 4.39 Å². The van der Waals surface area contributed by atoms with E-state index in [9.17, 15) is 4.39 Å². The van der Waals surface area contributed by atoms with Gasteiger partial charge in [0.05, 0.1) is 0 Å². The molecule has 2 nitrogen and oxygen atoms in total. The Balaban J connectivity index is 2.87. The Hall–Kier alpha value is -1.09. The van der Waals surface area contributed by atoms with Gasteiger partial charge in [-0.15, -0.1) is 0 Å². The molecule has 1 aromatic rings. The number of benzene rings is 1. The standard InChI is InChI=1S/C10H14FNO/c1-10(11,6-7-12)8-2-4-9(13)5-3-8/h2-5,13H,6-7,12H2,1H3. The number of phenols is 1. The van der Waals surface area contributed by atoms with Crippen molar-refractivity contribution in [1.82, 2.24) is 0 Å². The first-order valence-corrected chi connectivity index (χ1v) is 4.25. The van der Waals surface area contributed by atoms with Crippen LogP contribution in [0.15, 0.2) is 24.3 Å². The van der Waals surface area contributed by atoms with E-state index in [0.717, 1.165) is 0 Å². The van der Waals surface area contributed by atoms with Gasteiger partial charge in [0.25, 0.3) is 0 Å². The Labute approximate surface area is 77.2 Å². The Kier molecular flexibility index (Phi) is 2.88. The highest BCUT2D eigenvalue weighted by Crippen LogP contribution is 2.29. The summed E-state index contributed by atoms with van der Waals surface area (Å²) >= 11 is 0. The van der Waals surface area contributed by atoms with Crippen LogP contribution in [-0.4, -0.2) is 11.7 Å². The van der Waals surface area contributed by atoms with Gasteiger partial charge in [-0.25, -0.2) is 4.39 Å². The van der Waals surface area contributed by atoms with E-state index in [1.165, 1.54) is 19.1 Å². The van der Waals surface area contributed by atoms with Crippen LogP contribution < -0.4 is 5.73 Å². The highest BCUT2D eigenvalue weighted by atomic mass is 19.1. The monoisotopic (exact) mass is 183 g/mol. The van der Waals surface area contributed by atoms with Crippen molar-refractivity contribution in [1.29, 1.82) is 0 Å². The van der Waals surface area contributed by atoms with E-state index in [2.05, 4.69) is 0 Å². The maximum atomic E-state index is 13.8. The van der Waals surface area contributed by atoms with Crippen molar-refractivity contribution in [2.75, 3.05) is 6.54 Å². The number of phenolic OH excluding ortho intramolecular Hbond substituents is 1. The van der Waals surface area contributed by atoms with Gasteiger partial charge in [0.15, 0.2) is 0 Å². The van der Waals surface area contributed by atoms with E-state index in [1.807, 2.05) is 0 Å². The van der Waals surface area contributed by atoms with Crippen LogP contribution in [0.25, 0.3) is 0 Å². The second kappa shape index (κ2) is 3.75. The van der Waals surface area contributed by atoms with Gasteiger partial charge in [-0.1, -0.05) is 12.1 Å². The third-order valence-electron chi connectivity index (χ3n) is 2.08. The molecule has 13 heavy (non-hydrogen) atoms. The van der Waals surface area contributed by atoms with Gasteiger partial charge in [-0.3, -0.25) is 0 Å². The molecule has 72 valence electrons. The molecule has 0 aliphatic carbocycles. The molecule has 0 fully saturated rings. The number of rotatable bonds is 3. The number of halogens is 1. The van der Waals surface area contributed by atoms with Gasteiger partial charge >= 0.3 is 0 Å². The summed E-state index contributed by atoms with van der Waals surface area (Å²) < 4.78 is 13.8. The lowest BCUT2D eigenvalue weighted by Gasteiger charge is -2.19. The maximum Gasteiger partial charge on any atom is 0.134 e. The molecule has 0 amide bonds. The van der Waals surface area contributed by atoms with Gasteiger partial charge in [0.2, 0.25) is 0 Å². The third kappa shape index (κ3) is 2.42. The van der Waals surface area contributed by atoms with Gasteiger partial charge in [-0.05, 0) is 37.6 Å². The number of hydrogen-bond donors (Lipinski definition) is 2. The van der Waals surface area contributed by atoms with E-state index in [-0.39, 0.29) is 12.2 Å². The van der Waals surface area contributed by atoms with Crippen molar-refractivity contribution >= 4 is 0 Å². The van der Waals surface area contributed by atoms with Crippen molar-refractivity contribution in [2.24, 2.45) is 5.73 Å². The minimum atomic E-state index is -1.40. The van der Waals surface area contributed by atoms with Crippen LogP contribution in [-0.2, 0) is 5.67 Å². The molecule has 0 bridgehead atoms. The molecular formula is C10H14FNO. The minimum absolute atomic E-state index is 0.146. The number of hydrogen-bond acceptors (Lipinski definition) is 2. The molecule has 0 aliphatic rings. The lowest BCUT2D eigenvalue weighted by Crippen LogP contribution is -2.19. The lowest BCUT2D eigenvalue weighted by atomic mass is 9.94. The van der Waals surface area contributed by atoms with Gasteiger partial charge < -0.3 is 10.8 Å². The van der Waals surface area contributed by atoms with Crippen molar-refractivity contribution < 1.29 is 9.50 Å². The zero-order valence-corrected chi connectivity index (χ0v) is 7.63. The summed E-state index contributed by atoms with van der Waals surface area (Å²) in [4.78, 5) is 0. The number of aromatic hydroxyl groups is 1. The van der Waals surface area contributed by atoms with Crippen LogP contribution in [0.1, 0.15) is 18.9 Å². The summed E-state index contributed by atoms with van der Waals surface area (Å²) in [6.07, 6.45) is 0.289. The molecule has 3 heteroatoms. The molecular weight excluding hydrogens is 169 g/mol. The number of alkyl halides is 1. The second-order valence-electron chi connectivity index (χ2n) is 3.28. The molecule has 1 atom stereocenters. The first kappa shape index (κ1) is 9.99. The normalized spacial score (nSPS) is 15.3. The van der Waals surface area contributed by atoms with Gasteiger partial charge in [0, 0.05) is 0 Å². The highest BCUT2D eigenvalue weighted by molar-refractivity contribution is 5.29. The van der Waals surface area contributed by atoms with Gasteiger partial charge in [0.1, 0.15) is 11.4 Å². The molecule has 0 radical (unpaired) electrons. The highest BCUT2D eigenvalue weighted by Gasteiger charge is 2.24. The fourth-order valence-electron chi connectivity index (χ4n) is 1.22. The fraction of sp³-hybridized carbons (Fsp3) is 0.400. The molecule has 0 aliphatic heterocycles. The summed E-state index contributed by atoms with van der Waals surface area (Å²) in [5.74, 6) is 0.146. The molecule has 1 aromatic carbocycles. The predicted octanol–water partition coefficient (Wildman–Crippen LogP) is 1.93. The SMILES string of the molecule is CC(F)(CCN)c1ccc(O)cc1. The summed E-state index contributed by atoms with van der Waals surface area (Å²) in [5.41, 5.74) is 4.44. The quantitative estimate of drug-likeness (QED) is 0.752. The minimum Gasteiger partial charge on any atom is -0.508 e. The molecule has 0 heterocycles. The zero-order valence-electron chi connectivity index (χ0n) is 7.63. The largest absolute Gasteiger partial charge is 0.508 e. The first-order valence-electron chi connectivity index (χ1n) is 4.25. The zero-order chi connectivity index (χ0) is 9.90. The Morgan fingerprint density at radius 1 is 1.38 bits per heavy atom. The molecule has 0 spiro atoms. The number of nitrogens with two attached hydrogens (primary N) is 1. The maximum absolute atomic E-state index is 13.8. The van der Waals surface area contributed by atoms with Crippen molar-refractivity contribution in [2.45, 2.75) is 19.0 Å². The van der Waals surface area contributed by atoms with E-state index < -0.39 is 5.67 Å². The summed E-state index contributed by atoms with van der Waals surface area (Å²) in [6, 6.07) is 6.10. The first-order chi connectivity index (χ1) is 6.06. The van der Waals surface area contributed by atoms with Crippen molar-refractivity contribution in [3.8, 4) is 5.75 Å². The van der Waals surface area contributed by atoms with Crippen LogP contribution in [0.2, 0.25) is 0 Å². The van der Waals surface area contributed by atoms with Crippen LogP contribution in [0.3, 0.4) is 0 Å². The van der Waals surface area contributed by atoms with Crippen LogP contribution in [0, 0.1) is 0 Å². The molecule has 3 N–H and O–H groups in total. The molecule has 1 rings (SSSR count). The summed E-state index contributed by atoms with van der Waals surface area (Å²) in [6.45, 7) is 1.81. The lowest BCUT2D eigenvalue weighted by molar-refractivity contribution is 0.180. The van der Waals surface area contributed by atoms with Crippen LogP contribution >= 0.6 is 0 Å². The smallest absolute Gasteiger partial charge is 0.134 e. The van der Waals surface area contributed by atoms with E-state index in [4.69, 9.17) is 10.8 Å². The molecule has 0 saturated heterocycles. The summed E-state index contributed by atoms with van der Waals surface area (Å²) in [5, 5.41) is 9.01. The van der Waals surface area contributed by atoms with Gasteiger partial charge in [-0.2, -0.15) is 0 Å². The topological polar surface area (TPSA) is 46.2 Å². The Morgan fingerprint density at radius 2 is 1.92 bits per heavy atom. The average Bonchev–Trinajstić information content (AvgIpc) is 2.05. The van der Waals surface area contributed by atoms with E-state index in [1.54, 1.807) is 12.1 Å².